The Kier molecular flexibility index (Phi) is 6.53. The highest BCUT2D eigenvalue weighted by Crippen LogP contribution is 2.30. The largest absolute Gasteiger partial charge is 0.339 e. The van der Waals surface area contributed by atoms with Gasteiger partial charge in [0.2, 0.25) is 5.91 Å². The average Bonchev–Trinajstić information content (AvgIpc) is 3.30. The second-order valence-corrected chi connectivity index (χ2v) is 8.06. The van der Waals surface area contributed by atoms with Crippen molar-refractivity contribution in [3.8, 4) is 0 Å². The molecule has 0 aromatic heterocycles. The molecular weight excluding hydrogens is 378 g/mol. The maximum absolute atomic E-state index is 13.4. The van der Waals surface area contributed by atoms with Crippen LogP contribution in [0.1, 0.15) is 44.7 Å². The number of carbonyl (C=O) groups excluding carboxylic acids is 1. The molecule has 2 aliphatic heterocycles. The van der Waals surface area contributed by atoms with Crippen LogP contribution in [-0.2, 0) is 4.79 Å². The highest BCUT2D eigenvalue weighted by atomic mass is 79.9. The van der Waals surface area contributed by atoms with Gasteiger partial charge in [0.1, 0.15) is 6.04 Å². The van der Waals surface area contributed by atoms with E-state index in [9.17, 15) is 4.79 Å². The number of benzene rings is 1. The Labute approximate surface area is 160 Å². The number of rotatable bonds is 6. The minimum absolute atomic E-state index is 0.119. The van der Waals surface area contributed by atoms with Crippen LogP contribution < -0.4 is 0 Å². The smallest absolute Gasteiger partial charge is 0.244 e. The number of amides is 1. The fourth-order valence-corrected chi connectivity index (χ4v) is 4.57. The van der Waals surface area contributed by atoms with E-state index < -0.39 is 0 Å². The van der Waals surface area contributed by atoms with Crippen molar-refractivity contribution in [1.29, 1.82) is 0 Å². The van der Waals surface area contributed by atoms with Crippen LogP contribution in [0.3, 0.4) is 0 Å². The lowest BCUT2D eigenvalue weighted by Crippen LogP contribution is -2.43. The first-order valence-corrected chi connectivity index (χ1v) is 10.5. The lowest BCUT2D eigenvalue weighted by atomic mass is 10.0. The van der Waals surface area contributed by atoms with Gasteiger partial charge in [-0.3, -0.25) is 14.6 Å². The molecule has 4 nitrogen and oxygen atoms in total. The standard InChI is InChI=1S/C20H30BrN3O/c1-3-22(4-2)18-11-14-24(15-18)20(25)19(23-12-5-6-13-23)16-7-9-17(21)10-8-16/h7-10,18-19H,3-6,11-15H2,1-2H3. The first kappa shape index (κ1) is 18.9. The first-order chi connectivity index (χ1) is 12.1. The highest BCUT2D eigenvalue weighted by Gasteiger charge is 2.36. The van der Waals surface area contributed by atoms with Crippen LogP contribution in [0, 0.1) is 0 Å². The molecule has 0 spiro atoms. The third kappa shape index (κ3) is 4.26. The predicted octanol–water partition coefficient (Wildman–Crippen LogP) is 3.53. The van der Waals surface area contributed by atoms with Crippen molar-refractivity contribution < 1.29 is 4.79 Å². The molecule has 2 fully saturated rings. The summed E-state index contributed by atoms with van der Waals surface area (Å²) in [5.74, 6) is 0.291. The van der Waals surface area contributed by atoms with E-state index in [4.69, 9.17) is 0 Å². The summed E-state index contributed by atoms with van der Waals surface area (Å²) in [6.07, 6.45) is 3.49. The van der Waals surface area contributed by atoms with E-state index in [0.29, 0.717) is 11.9 Å². The Morgan fingerprint density at radius 3 is 2.40 bits per heavy atom. The summed E-state index contributed by atoms with van der Waals surface area (Å²) in [5, 5.41) is 0. The number of hydrogen-bond donors (Lipinski definition) is 0. The van der Waals surface area contributed by atoms with Crippen LogP contribution in [0.4, 0.5) is 0 Å². The van der Waals surface area contributed by atoms with Gasteiger partial charge in [-0.05, 0) is 63.1 Å². The van der Waals surface area contributed by atoms with Crippen LogP contribution in [0.5, 0.6) is 0 Å². The predicted molar refractivity (Wildman–Crippen MR) is 106 cm³/mol. The molecule has 25 heavy (non-hydrogen) atoms. The van der Waals surface area contributed by atoms with Gasteiger partial charge in [-0.15, -0.1) is 0 Å². The minimum Gasteiger partial charge on any atom is -0.339 e. The molecule has 1 aromatic carbocycles. The first-order valence-electron chi connectivity index (χ1n) is 9.66. The number of likely N-dealkylation sites (tertiary alicyclic amines) is 2. The Hall–Kier alpha value is -0.910. The fraction of sp³-hybridized carbons (Fsp3) is 0.650. The van der Waals surface area contributed by atoms with Crippen molar-refractivity contribution in [2.45, 2.75) is 45.2 Å². The van der Waals surface area contributed by atoms with E-state index in [2.05, 4.69) is 56.6 Å². The maximum Gasteiger partial charge on any atom is 0.244 e. The number of nitrogens with zero attached hydrogens (tertiary/aromatic N) is 3. The molecule has 0 bridgehead atoms. The molecule has 3 rings (SSSR count). The van der Waals surface area contributed by atoms with E-state index >= 15 is 0 Å². The second-order valence-electron chi connectivity index (χ2n) is 7.15. The topological polar surface area (TPSA) is 26.8 Å². The zero-order valence-corrected chi connectivity index (χ0v) is 17.0. The summed E-state index contributed by atoms with van der Waals surface area (Å²) in [5.41, 5.74) is 1.13. The molecule has 2 atom stereocenters. The molecule has 5 heteroatoms. The molecule has 0 N–H and O–H groups in total. The summed E-state index contributed by atoms with van der Waals surface area (Å²) < 4.78 is 1.06. The Morgan fingerprint density at radius 2 is 1.80 bits per heavy atom. The SMILES string of the molecule is CCN(CC)C1CCN(C(=O)C(c2ccc(Br)cc2)N2CCCC2)C1. The van der Waals surface area contributed by atoms with Gasteiger partial charge in [-0.25, -0.2) is 0 Å². The lowest BCUT2D eigenvalue weighted by Gasteiger charge is -2.31. The van der Waals surface area contributed by atoms with E-state index in [0.717, 1.165) is 55.7 Å². The Bertz CT molecular complexity index is 567. The second kappa shape index (κ2) is 8.65. The van der Waals surface area contributed by atoms with Gasteiger partial charge in [-0.1, -0.05) is 41.9 Å². The van der Waals surface area contributed by atoms with Crippen LogP contribution in [0.25, 0.3) is 0 Å². The number of carbonyl (C=O) groups is 1. The summed E-state index contributed by atoms with van der Waals surface area (Å²) in [6.45, 7) is 10.4. The quantitative estimate of drug-likeness (QED) is 0.721. The van der Waals surface area contributed by atoms with E-state index in [1.54, 1.807) is 0 Å². The van der Waals surface area contributed by atoms with E-state index in [1.807, 2.05) is 12.1 Å². The summed E-state index contributed by atoms with van der Waals surface area (Å²) >= 11 is 3.51. The van der Waals surface area contributed by atoms with Crippen LogP contribution >= 0.6 is 15.9 Å². The van der Waals surface area contributed by atoms with E-state index in [-0.39, 0.29) is 6.04 Å². The van der Waals surface area contributed by atoms with Gasteiger partial charge >= 0.3 is 0 Å². The molecular formula is C20H30BrN3O. The summed E-state index contributed by atoms with van der Waals surface area (Å²) in [4.78, 5) is 20.4. The van der Waals surface area contributed by atoms with Gasteiger partial charge in [0.05, 0.1) is 0 Å². The normalized spacial score (nSPS) is 22.7. The fourth-order valence-electron chi connectivity index (χ4n) is 4.31. The molecule has 1 amide bonds. The van der Waals surface area contributed by atoms with Gasteiger partial charge in [0.15, 0.2) is 0 Å². The Balaban J connectivity index is 1.76. The maximum atomic E-state index is 13.4. The van der Waals surface area contributed by atoms with Crippen molar-refractivity contribution >= 4 is 21.8 Å². The number of likely N-dealkylation sites (N-methyl/N-ethyl adjacent to an activating group) is 1. The summed E-state index contributed by atoms with van der Waals surface area (Å²) in [6, 6.07) is 8.70. The molecule has 0 radical (unpaired) electrons. The van der Waals surface area contributed by atoms with Crippen LogP contribution in [0.15, 0.2) is 28.7 Å². The molecule has 2 saturated heterocycles. The molecule has 138 valence electrons. The van der Waals surface area contributed by atoms with Gasteiger partial charge in [0.25, 0.3) is 0 Å². The van der Waals surface area contributed by atoms with Crippen molar-refractivity contribution in [1.82, 2.24) is 14.7 Å². The number of halogens is 1. The van der Waals surface area contributed by atoms with Crippen LogP contribution in [-0.4, -0.2) is 65.9 Å². The third-order valence-corrected chi connectivity index (χ3v) is 6.26. The number of hydrogen-bond acceptors (Lipinski definition) is 3. The monoisotopic (exact) mass is 407 g/mol. The molecule has 2 heterocycles. The molecule has 0 saturated carbocycles. The molecule has 2 aliphatic rings. The summed E-state index contributed by atoms with van der Waals surface area (Å²) in [7, 11) is 0. The van der Waals surface area contributed by atoms with Gasteiger partial charge in [0, 0.05) is 23.6 Å². The molecule has 2 unspecified atom stereocenters. The highest BCUT2D eigenvalue weighted by molar-refractivity contribution is 9.10. The van der Waals surface area contributed by atoms with Crippen molar-refractivity contribution in [2.75, 3.05) is 39.3 Å². The zero-order chi connectivity index (χ0) is 17.8. The van der Waals surface area contributed by atoms with E-state index in [1.165, 1.54) is 12.8 Å². The molecule has 0 aliphatic carbocycles. The molecule has 1 aromatic rings. The third-order valence-electron chi connectivity index (χ3n) is 5.73. The van der Waals surface area contributed by atoms with Crippen molar-refractivity contribution in [3.05, 3.63) is 34.3 Å². The van der Waals surface area contributed by atoms with Gasteiger partial charge < -0.3 is 4.90 Å². The zero-order valence-electron chi connectivity index (χ0n) is 15.5. The Morgan fingerprint density at radius 1 is 1.16 bits per heavy atom. The van der Waals surface area contributed by atoms with Crippen molar-refractivity contribution in [2.24, 2.45) is 0 Å². The minimum atomic E-state index is -0.119. The lowest BCUT2D eigenvalue weighted by molar-refractivity contribution is -0.136. The van der Waals surface area contributed by atoms with Crippen molar-refractivity contribution in [3.63, 3.8) is 0 Å². The van der Waals surface area contributed by atoms with Crippen LogP contribution in [0.2, 0.25) is 0 Å². The average molecular weight is 408 g/mol. The van der Waals surface area contributed by atoms with Gasteiger partial charge in [-0.2, -0.15) is 0 Å².